The lowest BCUT2D eigenvalue weighted by Crippen LogP contribution is -2.32. The quantitative estimate of drug-likeness (QED) is 0.640. The van der Waals surface area contributed by atoms with Gasteiger partial charge in [0.2, 0.25) is 0 Å². The minimum atomic E-state index is -0.416. The fraction of sp³-hybridized carbons (Fsp3) is 0.174. The lowest BCUT2D eigenvalue weighted by molar-refractivity contribution is -0.116. The Morgan fingerprint density at radius 2 is 1.97 bits per heavy atom. The Hall–Kier alpha value is -3.38. The van der Waals surface area contributed by atoms with Crippen molar-refractivity contribution in [1.82, 2.24) is 9.78 Å². The molecule has 5 rings (SSSR count). The number of amides is 1. The zero-order valence-electron chi connectivity index (χ0n) is 16.1. The maximum absolute atomic E-state index is 13.0. The summed E-state index contributed by atoms with van der Waals surface area (Å²) in [6, 6.07) is 16.3. The van der Waals surface area contributed by atoms with Crippen LogP contribution in [0.4, 0.5) is 11.5 Å². The van der Waals surface area contributed by atoms with E-state index in [1.165, 1.54) is 0 Å². The van der Waals surface area contributed by atoms with Gasteiger partial charge in [0.1, 0.15) is 17.4 Å². The lowest BCUT2D eigenvalue weighted by atomic mass is 9.85. The highest BCUT2D eigenvalue weighted by Gasteiger charge is 2.37. The van der Waals surface area contributed by atoms with Crippen LogP contribution >= 0.6 is 11.6 Å². The minimum absolute atomic E-state index is 0.102. The average molecular weight is 419 g/mol. The van der Waals surface area contributed by atoms with Gasteiger partial charge in [-0.1, -0.05) is 41.9 Å². The average Bonchev–Trinajstić information content (AvgIpc) is 3.17. The molecule has 0 saturated heterocycles. The number of halogens is 1. The SMILES string of the molecule is O=C1CCCC2=C1C(c1cccc(Cl)c1)n1ncc(C(=O)Nc3ccccc3)c1N2. The van der Waals surface area contributed by atoms with E-state index in [1.54, 1.807) is 16.9 Å². The topological polar surface area (TPSA) is 76.0 Å². The zero-order chi connectivity index (χ0) is 20.7. The van der Waals surface area contributed by atoms with Crippen LogP contribution in [0, 0.1) is 0 Å². The molecule has 0 fully saturated rings. The van der Waals surface area contributed by atoms with Crippen molar-refractivity contribution in [2.45, 2.75) is 25.3 Å². The van der Waals surface area contributed by atoms with Crippen LogP contribution in [0.15, 0.2) is 72.1 Å². The van der Waals surface area contributed by atoms with E-state index < -0.39 is 6.04 Å². The monoisotopic (exact) mass is 418 g/mol. The molecule has 1 aromatic heterocycles. The van der Waals surface area contributed by atoms with E-state index in [2.05, 4.69) is 15.7 Å². The van der Waals surface area contributed by atoms with Gasteiger partial charge in [0, 0.05) is 28.4 Å². The molecule has 0 saturated carbocycles. The molecule has 1 unspecified atom stereocenters. The summed E-state index contributed by atoms with van der Waals surface area (Å²) in [5.41, 5.74) is 3.56. The van der Waals surface area contributed by atoms with Crippen LogP contribution in [0.5, 0.6) is 0 Å². The second-order valence-corrected chi connectivity index (χ2v) is 7.86. The number of nitrogens with one attached hydrogen (secondary N) is 2. The van der Waals surface area contributed by atoms with E-state index in [0.29, 0.717) is 34.1 Å². The highest BCUT2D eigenvalue weighted by Crippen LogP contribution is 2.42. The number of fused-ring (bicyclic) bond motifs is 1. The Kier molecular flexibility index (Phi) is 4.64. The maximum Gasteiger partial charge on any atom is 0.261 e. The van der Waals surface area contributed by atoms with Gasteiger partial charge in [-0.15, -0.1) is 0 Å². The molecule has 30 heavy (non-hydrogen) atoms. The summed E-state index contributed by atoms with van der Waals surface area (Å²) >= 11 is 6.24. The summed E-state index contributed by atoms with van der Waals surface area (Å²) in [4.78, 5) is 25.8. The molecule has 3 aromatic rings. The van der Waals surface area contributed by atoms with Gasteiger partial charge in [0.25, 0.3) is 5.91 Å². The van der Waals surface area contributed by atoms with Crippen molar-refractivity contribution in [3.05, 3.63) is 88.2 Å². The normalized spacial score (nSPS) is 17.8. The summed E-state index contributed by atoms with van der Waals surface area (Å²) in [5.74, 6) is 0.429. The minimum Gasteiger partial charge on any atom is -0.343 e. The first-order chi connectivity index (χ1) is 14.6. The summed E-state index contributed by atoms with van der Waals surface area (Å²) in [6.07, 6.45) is 3.59. The lowest BCUT2D eigenvalue weighted by Gasteiger charge is -2.33. The third-order valence-electron chi connectivity index (χ3n) is 5.48. The Morgan fingerprint density at radius 1 is 1.13 bits per heavy atom. The van der Waals surface area contributed by atoms with Crippen LogP contribution in [-0.4, -0.2) is 21.5 Å². The second-order valence-electron chi connectivity index (χ2n) is 7.42. The molecule has 0 radical (unpaired) electrons. The van der Waals surface area contributed by atoms with Crippen LogP contribution in [0.2, 0.25) is 5.02 Å². The number of carbonyl (C=O) groups excluding carboxylic acids is 2. The number of para-hydroxylation sites is 1. The summed E-state index contributed by atoms with van der Waals surface area (Å²) in [6.45, 7) is 0. The van der Waals surface area contributed by atoms with Crippen LogP contribution in [0.3, 0.4) is 0 Å². The van der Waals surface area contributed by atoms with Crippen molar-refractivity contribution in [3.63, 3.8) is 0 Å². The molecular weight excluding hydrogens is 400 g/mol. The predicted octanol–water partition coefficient (Wildman–Crippen LogP) is 4.81. The number of nitrogens with zero attached hydrogens (tertiary/aromatic N) is 2. The van der Waals surface area contributed by atoms with Crippen LogP contribution < -0.4 is 10.6 Å². The number of hydrogen-bond acceptors (Lipinski definition) is 4. The molecule has 0 bridgehead atoms. The van der Waals surface area contributed by atoms with Crippen molar-refractivity contribution >= 4 is 34.8 Å². The Morgan fingerprint density at radius 3 is 2.77 bits per heavy atom. The molecule has 1 atom stereocenters. The van der Waals surface area contributed by atoms with Gasteiger partial charge >= 0.3 is 0 Å². The Bertz CT molecular complexity index is 1180. The Labute approximate surface area is 178 Å². The molecule has 2 N–H and O–H groups in total. The van der Waals surface area contributed by atoms with Gasteiger partial charge in [-0.25, -0.2) is 4.68 Å². The molecule has 2 aliphatic rings. The molecule has 0 spiro atoms. The van der Waals surface area contributed by atoms with E-state index in [1.807, 2.05) is 48.5 Å². The van der Waals surface area contributed by atoms with E-state index in [0.717, 1.165) is 24.1 Å². The highest BCUT2D eigenvalue weighted by atomic mass is 35.5. The molecule has 6 nitrogen and oxygen atoms in total. The first-order valence-electron chi connectivity index (χ1n) is 9.84. The van der Waals surface area contributed by atoms with Gasteiger partial charge in [-0.05, 0) is 42.7 Å². The van der Waals surface area contributed by atoms with E-state index in [-0.39, 0.29) is 11.7 Å². The molecule has 150 valence electrons. The molecule has 1 aliphatic heterocycles. The summed E-state index contributed by atoms with van der Waals surface area (Å²) in [7, 11) is 0. The summed E-state index contributed by atoms with van der Waals surface area (Å²) in [5, 5.41) is 11.3. The van der Waals surface area contributed by atoms with Gasteiger partial charge < -0.3 is 10.6 Å². The molecule has 2 heterocycles. The van der Waals surface area contributed by atoms with Crippen LogP contribution in [-0.2, 0) is 4.79 Å². The maximum atomic E-state index is 13.0. The predicted molar refractivity (Wildman–Crippen MR) is 116 cm³/mol. The number of benzene rings is 2. The molecule has 7 heteroatoms. The number of rotatable bonds is 3. The van der Waals surface area contributed by atoms with Crippen LogP contribution in [0.1, 0.15) is 41.2 Å². The first kappa shape index (κ1) is 18.6. The smallest absolute Gasteiger partial charge is 0.261 e. The number of anilines is 2. The van der Waals surface area contributed by atoms with E-state index in [9.17, 15) is 9.59 Å². The largest absolute Gasteiger partial charge is 0.343 e. The number of Topliss-reactive ketones (excluding diaryl/α,β-unsaturated/α-hetero) is 1. The van der Waals surface area contributed by atoms with Crippen LogP contribution in [0.25, 0.3) is 0 Å². The molecule has 1 aliphatic carbocycles. The van der Waals surface area contributed by atoms with Gasteiger partial charge in [-0.2, -0.15) is 5.10 Å². The number of hydrogen-bond donors (Lipinski definition) is 2. The number of ketones is 1. The zero-order valence-corrected chi connectivity index (χ0v) is 16.8. The number of carbonyl (C=O) groups is 2. The third kappa shape index (κ3) is 3.19. The van der Waals surface area contributed by atoms with Gasteiger partial charge in [0.15, 0.2) is 5.78 Å². The standard InChI is InChI=1S/C23H19ClN4O2/c24-15-7-4-6-14(12-15)21-20-18(10-5-11-19(20)29)27-22-17(13-25-28(21)22)23(30)26-16-8-2-1-3-9-16/h1-4,6-9,12-13,21,27H,5,10-11H2,(H,26,30). The second kappa shape index (κ2) is 7.46. The van der Waals surface area contributed by atoms with Crippen molar-refractivity contribution in [2.24, 2.45) is 0 Å². The van der Waals surface area contributed by atoms with Crippen molar-refractivity contribution < 1.29 is 9.59 Å². The highest BCUT2D eigenvalue weighted by molar-refractivity contribution is 6.30. The number of aromatic nitrogens is 2. The van der Waals surface area contributed by atoms with Gasteiger partial charge in [0.05, 0.1) is 6.20 Å². The van der Waals surface area contributed by atoms with Crippen molar-refractivity contribution in [1.29, 1.82) is 0 Å². The third-order valence-corrected chi connectivity index (χ3v) is 5.71. The van der Waals surface area contributed by atoms with E-state index in [4.69, 9.17) is 11.6 Å². The van der Waals surface area contributed by atoms with Crippen molar-refractivity contribution in [2.75, 3.05) is 10.6 Å². The van der Waals surface area contributed by atoms with E-state index >= 15 is 0 Å². The fourth-order valence-corrected chi connectivity index (χ4v) is 4.33. The number of allylic oxidation sites excluding steroid dienone is 2. The molecular formula is C23H19ClN4O2. The fourth-order valence-electron chi connectivity index (χ4n) is 4.13. The molecule has 1 amide bonds. The van der Waals surface area contributed by atoms with Gasteiger partial charge in [-0.3, -0.25) is 9.59 Å². The molecule has 2 aromatic carbocycles. The Balaban J connectivity index is 1.59. The summed E-state index contributed by atoms with van der Waals surface area (Å²) < 4.78 is 1.72. The first-order valence-corrected chi connectivity index (χ1v) is 10.2. The van der Waals surface area contributed by atoms with Crippen molar-refractivity contribution in [3.8, 4) is 0 Å².